The minimum Gasteiger partial charge on any atom is -0.497 e. The van der Waals surface area contributed by atoms with Crippen LogP contribution in [0.25, 0.3) is 0 Å². The van der Waals surface area contributed by atoms with E-state index >= 15 is 0 Å². The first kappa shape index (κ1) is 15.7. The van der Waals surface area contributed by atoms with Gasteiger partial charge in [-0.2, -0.15) is 0 Å². The highest BCUT2D eigenvalue weighted by Gasteiger charge is 2.21. The Kier molecular flexibility index (Phi) is 5.02. The number of anilines is 1. The van der Waals surface area contributed by atoms with E-state index < -0.39 is 5.82 Å². The lowest BCUT2D eigenvalue weighted by atomic mass is 10.2. The molecule has 1 aromatic carbocycles. The molecule has 0 unspecified atom stereocenters. The summed E-state index contributed by atoms with van der Waals surface area (Å²) >= 11 is 0. The van der Waals surface area contributed by atoms with Gasteiger partial charge in [0.1, 0.15) is 5.75 Å². The normalized spacial score (nSPS) is 17.2. The maximum atomic E-state index is 13.1. The molecule has 122 valence electrons. The number of ether oxygens (including phenoxy) is 2. The molecule has 0 aliphatic carbocycles. The van der Waals surface area contributed by atoms with Crippen molar-refractivity contribution in [2.45, 2.75) is 25.5 Å². The van der Waals surface area contributed by atoms with Crippen LogP contribution in [-0.4, -0.2) is 36.3 Å². The van der Waals surface area contributed by atoms with Crippen LogP contribution in [0.2, 0.25) is 0 Å². The lowest BCUT2D eigenvalue weighted by Gasteiger charge is -2.25. The molecule has 1 fully saturated rings. The van der Waals surface area contributed by atoms with Gasteiger partial charge in [0.15, 0.2) is 5.82 Å². The maximum absolute atomic E-state index is 13.1. The van der Waals surface area contributed by atoms with Crippen molar-refractivity contribution in [3.63, 3.8) is 0 Å². The van der Waals surface area contributed by atoms with Crippen LogP contribution in [0.4, 0.5) is 10.3 Å². The van der Waals surface area contributed by atoms with Crippen molar-refractivity contribution >= 4 is 5.95 Å². The van der Waals surface area contributed by atoms with Crippen LogP contribution in [0.5, 0.6) is 5.75 Å². The van der Waals surface area contributed by atoms with E-state index in [1.54, 1.807) is 7.11 Å². The van der Waals surface area contributed by atoms with E-state index in [1.807, 2.05) is 29.2 Å². The van der Waals surface area contributed by atoms with Crippen molar-refractivity contribution in [3.05, 3.63) is 48.0 Å². The Balaban J connectivity index is 1.79. The molecule has 1 aliphatic heterocycles. The molecule has 3 rings (SSSR count). The first-order valence-corrected chi connectivity index (χ1v) is 7.71. The van der Waals surface area contributed by atoms with Gasteiger partial charge in [-0.05, 0) is 30.5 Å². The molecule has 1 atom stereocenters. The summed E-state index contributed by atoms with van der Waals surface area (Å²) in [5.41, 5.74) is 1.08. The number of hydrogen-bond acceptors (Lipinski definition) is 5. The Bertz CT molecular complexity index is 630. The van der Waals surface area contributed by atoms with Gasteiger partial charge in [-0.1, -0.05) is 12.1 Å². The number of methoxy groups -OCH3 is 1. The number of rotatable bonds is 6. The van der Waals surface area contributed by atoms with Crippen LogP contribution < -0.4 is 9.64 Å². The van der Waals surface area contributed by atoms with Gasteiger partial charge in [-0.15, -0.1) is 0 Å². The molecule has 5 nitrogen and oxygen atoms in total. The second-order valence-electron chi connectivity index (χ2n) is 5.57. The lowest BCUT2D eigenvalue weighted by molar-refractivity contribution is 0.115. The monoisotopic (exact) mass is 317 g/mol. The molecule has 2 aromatic rings. The third-order valence-corrected chi connectivity index (χ3v) is 3.85. The van der Waals surface area contributed by atoms with Gasteiger partial charge in [0.05, 0.1) is 25.6 Å². The fourth-order valence-corrected chi connectivity index (χ4v) is 2.71. The average Bonchev–Trinajstić information content (AvgIpc) is 3.08. The van der Waals surface area contributed by atoms with Crippen LogP contribution in [0, 0.1) is 5.82 Å². The van der Waals surface area contributed by atoms with E-state index in [0.29, 0.717) is 19.0 Å². The van der Waals surface area contributed by atoms with Gasteiger partial charge in [-0.25, -0.2) is 14.4 Å². The molecule has 0 saturated carbocycles. The van der Waals surface area contributed by atoms with E-state index in [0.717, 1.165) is 30.8 Å². The lowest BCUT2D eigenvalue weighted by Crippen LogP contribution is -2.33. The van der Waals surface area contributed by atoms with Crippen LogP contribution in [0.3, 0.4) is 0 Å². The van der Waals surface area contributed by atoms with Crippen LogP contribution in [0.1, 0.15) is 18.4 Å². The first-order chi connectivity index (χ1) is 11.2. The van der Waals surface area contributed by atoms with Crippen molar-refractivity contribution < 1.29 is 13.9 Å². The number of nitrogens with zero attached hydrogens (tertiary/aromatic N) is 3. The quantitative estimate of drug-likeness (QED) is 0.820. The van der Waals surface area contributed by atoms with Crippen molar-refractivity contribution in [2.75, 3.05) is 25.2 Å². The Morgan fingerprint density at radius 3 is 2.87 bits per heavy atom. The minimum atomic E-state index is -0.438. The summed E-state index contributed by atoms with van der Waals surface area (Å²) in [6.07, 6.45) is 4.64. The largest absolute Gasteiger partial charge is 0.497 e. The van der Waals surface area contributed by atoms with Gasteiger partial charge in [0.2, 0.25) is 5.95 Å². The molecule has 1 saturated heterocycles. The summed E-state index contributed by atoms with van der Waals surface area (Å²) in [4.78, 5) is 10.2. The summed E-state index contributed by atoms with van der Waals surface area (Å²) in [5.74, 6) is 0.872. The number of halogens is 1. The van der Waals surface area contributed by atoms with Crippen molar-refractivity contribution in [2.24, 2.45) is 0 Å². The highest BCUT2D eigenvalue weighted by molar-refractivity contribution is 5.35. The van der Waals surface area contributed by atoms with E-state index in [4.69, 9.17) is 9.47 Å². The number of hydrogen-bond donors (Lipinski definition) is 0. The Hall–Kier alpha value is -2.21. The van der Waals surface area contributed by atoms with Crippen molar-refractivity contribution in [1.82, 2.24) is 9.97 Å². The van der Waals surface area contributed by atoms with Gasteiger partial charge in [-0.3, -0.25) is 0 Å². The topological polar surface area (TPSA) is 47.5 Å². The van der Waals surface area contributed by atoms with Gasteiger partial charge >= 0.3 is 0 Å². The molecule has 1 aromatic heterocycles. The predicted octanol–water partition coefficient (Wildman–Crippen LogP) is 2.81. The number of benzene rings is 1. The van der Waals surface area contributed by atoms with E-state index in [9.17, 15) is 4.39 Å². The fraction of sp³-hybridized carbons (Fsp3) is 0.412. The van der Waals surface area contributed by atoms with Crippen LogP contribution in [0.15, 0.2) is 36.7 Å². The predicted molar refractivity (Wildman–Crippen MR) is 85.0 cm³/mol. The molecule has 1 aliphatic rings. The molecular weight excluding hydrogens is 297 g/mol. The molecule has 23 heavy (non-hydrogen) atoms. The smallest absolute Gasteiger partial charge is 0.225 e. The summed E-state index contributed by atoms with van der Waals surface area (Å²) in [6, 6.07) is 7.85. The molecule has 0 radical (unpaired) electrons. The molecule has 6 heteroatoms. The molecule has 0 N–H and O–H groups in total. The third kappa shape index (κ3) is 4.16. The van der Waals surface area contributed by atoms with E-state index in [-0.39, 0.29) is 6.10 Å². The zero-order valence-electron chi connectivity index (χ0n) is 13.1. The average molecular weight is 317 g/mol. The summed E-state index contributed by atoms with van der Waals surface area (Å²) < 4.78 is 24.1. The molecular formula is C17H20FN3O2. The van der Waals surface area contributed by atoms with E-state index in [2.05, 4.69) is 9.97 Å². The Morgan fingerprint density at radius 2 is 2.17 bits per heavy atom. The Labute approximate surface area is 135 Å². The third-order valence-electron chi connectivity index (χ3n) is 3.85. The van der Waals surface area contributed by atoms with Gasteiger partial charge in [0.25, 0.3) is 0 Å². The zero-order chi connectivity index (χ0) is 16.1. The summed E-state index contributed by atoms with van der Waals surface area (Å²) in [5, 5.41) is 0. The molecule has 2 heterocycles. The fourth-order valence-electron chi connectivity index (χ4n) is 2.71. The number of aromatic nitrogens is 2. The van der Waals surface area contributed by atoms with Crippen LogP contribution >= 0.6 is 0 Å². The van der Waals surface area contributed by atoms with Gasteiger partial charge in [0, 0.05) is 19.7 Å². The van der Waals surface area contributed by atoms with E-state index in [1.165, 1.54) is 12.4 Å². The van der Waals surface area contributed by atoms with Crippen molar-refractivity contribution in [3.8, 4) is 5.75 Å². The molecule has 0 bridgehead atoms. The Morgan fingerprint density at radius 1 is 1.35 bits per heavy atom. The molecule has 0 spiro atoms. The second kappa shape index (κ2) is 7.37. The zero-order valence-corrected chi connectivity index (χ0v) is 13.1. The summed E-state index contributed by atoms with van der Waals surface area (Å²) in [6.45, 7) is 2.09. The van der Waals surface area contributed by atoms with Crippen LogP contribution in [-0.2, 0) is 11.3 Å². The SMILES string of the molecule is COc1cccc(CN(C[C@H]2CCCO2)c2ncc(F)cn2)c1. The first-order valence-electron chi connectivity index (χ1n) is 7.71. The van der Waals surface area contributed by atoms with Gasteiger partial charge < -0.3 is 14.4 Å². The van der Waals surface area contributed by atoms with Crippen molar-refractivity contribution in [1.29, 1.82) is 0 Å². The standard InChI is InChI=1S/C17H20FN3O2/c1-22-15-5-2-4-13(8-15)11-21(12-16-6-3-7-23-16)17-19-9-14(18)10-20-17/h2,4-5,8-10,16H,3,6-7,11-12H2,1H3/t16-/m1/s1. The minimum absolute atomic E-state index is 0.161. The highest BCUT2D eigenvalue weighted by Crippen LogP contribution is 2.20. The second-order valence-corrected chi connectivity index (χ2v) is 5.57. The highest BCUT2D eigenvalue weighted by atomic mass is 19.1. The summed E-state index contributed by atoms with van der Waals surface area (Å²) in [7, 11) is 1.65. The molecule has 0 amide bonds. The maximum Gasteiger partial charge on any atom is 0.225 e.